The van der Waals surface area contributed by atoms with Gasteiger partial charge in [-0.15, -0.1) is 0 Å². The Bertz CT molecular complexity index is 466. The maximum atomic E-state index is 8.69. The first-order valence-corrected chi connectivity index (χ1v) is 4.96. The van der Waals surface area contributed by atoms with Gasteiger partial charge in [0.15, 0.2) is 0 Å². The molecule has 1 aliphatic rings. The van der Waals surface area contributed by atoms with Gasteiger partial charge in [0, 0.05) is 0 Å². The molecule has 1 aromatic rings. The Morgan fingerprint density at radius 3 is 2.47 bits per heavy atom. The van der Waals surface area contributed by atoms with Gasteiger partial charge in [0.25, 0.3) is 0 Å². The molecule has 1 fully saturated rings. The van der Waals surface area contributed by atoms with E-state index in [9.17, 15) is 0 Å². The van der Waals surface area contributed by atoms with Gasteiger partial charge in [0.05, 0.1) is 0 Å². The number of rotatable bonds is 2. The van der Waals surface area contributed by atoms with Crippen molar-refractivity contribution in [3.8, 4) is 12.1 Å². The second kappa shape index (κ2) is 3.98. The monoisotopic (exact) mass is 194 g/mol. The van der Waals surface area contributed by atoms with Crippen molar-refractivity contribution in [2.75, 3.05) is 0 Å². The molecule has 2 heteroatoms. The SMILES string of the molecule is N#CC(C#N)=Cc1ccccc1C1CC1. The van der Waals surface area contributed by atoms with E-state index < -0.39 is 0 Å². The van der Waals surface area contributed by atoms with Gasteiger partial charge in [0.1, 0.15) is 17.7 Å². The first-order valence-electron chi connectivity index (χ1n) is 4.96. The fraction of sp³-hybridized carbons (Fsp3) is 0.231. The lowest BCUT2D eigenvalue weighted by atomic mass is 10.0. The third-order valence-corrected chi connectivity index (χ3v) is 2.55. The van der Waals surface area contributed by atoms with Crippen LogP contribution in [-0.2, 0) is 0 Å². The molecule has 0 amide bonds. The molecular formula is C13H10N2. The van der Waals surface area contributed by atoms with Crippen molar-refractivity contribution < 1.29 is 0 Å². The first kappa shape index (κ1) is 9.49. The fourth-order valence-corrected chi connectivity index (χ4v) is 1.65. The van der Waals surface area contributed by atoms with Crippen LogP contribution in [0.25, 0.3) is 6.08 Å². The van der Waals surface area contributed by atoms with Crippen molar-refractivity contribution in [3.63, 3.8) is 0 Å². The van der Waals surface area contributed by atoms with Crippen LogP contribution in [0.5, 0.6) is 0 Å². The topological polar surface area (TPSA) is 47.6 Å². The highest BCUT2D eigenvalue weighted by molar-refractivity contribution is 5.65. The molecule has 72 valence electrons. The fourth-order valence-electron chi connectivity index (χ4n) is 1.65. The molecule has 0 bridgehead atoms. The maximum absolute atomic E-state index is 8.69. The minimum Gasteiger partial charge on any atom is -0.192 e. The van der Waals surface area contributed by atoms with E-state index in [1.165, 1.54) is 18.4 Å². The molecule has 2 nitrogen and oxygen atoms in total. The zero-order valence-electron chi connectivity index (χ0n) is 8.27. The highest BCUT2D eigenvalue weighted by atomic mass is 14.3. The highest BCUT2D eigenvalue weighted by Gasteiger charge is 2.25. The molecule has 1 aliphatic carbocycles. The summed E-state index contributed by atoms with van der Waals surface area (Å²) in [5.41, 5.74) is 2.45. The van der Waals surface area contributed by atoms with E-state index in [2.05, 4.69) is 6.07 Å². The predicted octanol–water partition coefficient (Wildman–Crippen LogP) is 2.99. The van der Waals surface area contributed by atoms with E-state index in [0.717, 1.165) is 5.56 Å². The highest BCUT2D eigenvalue weighted by Crippen LogP contribution is 2.41. The Hall–Kier alpha value is -2.06. The van der Waals surface area contributed by atoms with Crippen molar-refractivity contribution in [2.45, 2.75) is 18.8 Å². The molecule has 0 heterocycles. The summed E-state index contributed by atoms with van der Waals surface area (Å²) in [6, 6.07) is 11.8. The van der Waals surface area contributed by atoms with Gasteiger partial charge in [-0.05, 0) is 36.0 Å². The molecule has 0 N–H and O–H groups in total. The molecule has 0 spiro atoms. The molecule has 0 saturated heterocycles. The lowest BCUT2D eigenvalue weighted by Gasteiger charge is -2.02. The average Bonchev–Trinajstić information content (AvgIpc) is 3.10. The summed E-state index contributed by atoms with van der Waals surface area (Å²) >= 11 is 0. The van der Waals surface area contributed by atoms with E-state index in [4.69, 9.17) is 10.5 Å². The second-order valence-corrected chi connectivity index (χ2v) is 3.68. The van der Waals surface area contributed by atoms with E-state index in [0.29, 0.717) is 5.92 Å². The second-order valence-electron chi connectivity index (χ2n) is 3.68. The molecular weight excluding hydrogens is 184 g/mol. The summed E-state index contributed by atoms with van der Waals surface area (Å²) in [6.07, 6.45) is 4.12. The molecule has 1 saturated carbocycles. The number of nitriles is 2. The van der Waals surface area contributed by atoms with Gasteiger partial charge in [0.2, 0.25) is 0 Å². The standard InChI is InChI=1S/C13H10N2/c14-8-10(9-15)7-12-3-1-2-4-13(12)11-5-6-11/h1-4,7,11H,5-6H2. The van der Waals surface area contributed by atoms with Crippen LogP contribution in [-0.4, -0.2) is 0 Å². The van der Waals surface area contributed by atoms with Crippen LogP contribution in [0, 0.1) is 22.7 Å². The quantitative estimate of drug-likeness (QED) is 0.679. The minimum atomic E-state index is 0.170. The number of allylic oxidation sites excluding steroid dienone is 1. The molecule has 2 rings (SSSR count). The lowest BCUT2D eigenvalue weighted by Crippen LogP contribution is -1.85. The number of nitrogens with zero attached hydrogens (tertiary/aromatic N) is 2. The Morgan fingerprint density at radius 1 is 1.20 bits per heavy atom. The third kappa shape index (κ3) is 2.06. The average molecular weight is 194 g/mol. The van der Waals surface area contributed by atoms with Gasteiger partial charge in [-0.2, -0.15) is 10.5 Å². The Labute approximate surface area is 89.1 Å². The third-order valence-electron chi connectivity index (χ3n) is 2.55. The molecule has 0 aromatic heterocycles. The van der Waals surface area contributed by atoms with Crippen molar-refractivity contribution in [3.05, 3.63) is 41.0 Å². The molecule has 0 atom stereocenters. The van der Waals surface area contributed by atoms with Gasteiger partial charge in [-0.3, -0.25) is 0 Å². The molecule has 0 unspecified atom stereocenters. The Morgan fingerprint density at radius 2 is 1.87 bits per heavy atom. The van der Waals surface area contributed by atoms with E-state index in [1.54, 1.807) is 6.08 Å². The zero-order valence-corrected chi connectivity index (χ0v) is 8.27. The molecule has 1 aromatic carbocycles. The van der Waals surface area contributed by atoms with E-state index in [1.807, 2.05) is 30.3 Å². The normalized spacial score (nSPS) is 13.7. The van der Waals surface area contributed by atoms with Gasteiger partial charge >= 0.3 is 0 Å². The van der Waals surface area contributed by atoms with Crippen molar-refractivity contribution in [1.29, 1.82) is 10.5 Å². The van der Waals surface area contributed by atoms with E-state index >= 15 is 0 Å². The van der Waals surface area contributed by atoms with Crippen molar-refractivity contribution >= 4 is 6.08 Å². The van der Waals surface area contributed by atoms with Crippen LogP contribution in [0.15, 0.2) is 29.8 Å². The lowest BCUT2D eigenvalue weighted by molar-refractivity contribution is 1.12. The number of hydrogen-bond donors (Lipinski definition) is 0. The van der Waals surface area contributed by atoms with Crippen LogP contribution in [0.4, 0.5) is 0 Å². The van der Waals surface area contributed by atoms with E-state index in [-0.39, 0.29) is 5.57 Å². The number of hydrogen-bond acceptors (Lipinski definition) is 2. The Balaban J connectivity index is 2.40. The summed E-state index contributed by atoms with van der Waals surface area (Å²) in [5.74, 6) is 0.635. The summed E-state index contributed by atoms with van der Waals surface area (Å²) in [4.78, 5) is 0. The predicted molar refractivity (Wildman–Crippen MR) is 57.6 cm³/mol. The van der Waals surface area contributed by atoms with Crippen LogP contribution in [0.2, 0.25) is 0 Å². The van der Waals surface area contributed by atoms with Crippen molar-refractivity contribution in [2.24, 2.45) is 0 Å². The largest absolute Gasteiger partial charge is 0.192 e. The summed E-state index contributed by atoms with van der Waals surface area (Å²) in [5, 5.41) is 17.4. The van der Waals surface area contributed by atoms with Crippen LogP contribution in [0.3, 0.4) is 0 Å². The smallest absolute Gasteiger partial charge is 0.130 e. The molecule has 0 radical (unpaired) electrons. The molecule has 15 heavy (non-hydrogen) atoms. The Kier molecular flexibility index (Phi) is 2.52. The zero-order chi connectivity index (χ0) is 10.7. The first-order chi connectivity index (χ1) is 7.35. The van der Waals surface area contributed by atoms with Gasteiger partial charge in [-0.25, -0.2) is 0 Å². The summed E-state index contributed by atoms with van der Waals surface area (Å²) < 4.78 is 0. The minimum absolute atomic E-state index is 0.170. The van der Waals surface area contributed by atoms with Crippen LogP contribution >= 0.6 is 0 Å². The van der Waals surface area contributed by atoms with Crippen LogP contribution in [0.1, 0.15) is 29.9 Å². The van der Waals surface area contributed by atoms with Gasteiger partial charge in [-0.1, -0.05) is 24.3 Å². The maximum Gasteiger partial charge on any atom is 0.130 e. The van der Waals surface area contributed by atoms with Crippen molar-refractivity contribution in [1.82, 2.24) is 0 Å². The summed E-state index contributed by atoms with van der Waals surface area (Å²) in [7, 11) is 0. The van der Waals surface area contributed by atoms with Gasteiger partial charge < -0.3 is 0 Å². The van der Waals surface area contributed by atoms with Crippen LogP contribution < -0.4 is 0 Å². The molecule has 0 aliphatic heterocycles. The summed E-state index contributed by atoms with van der Waals surface area (Å²) in [6.45, 7) is 0. The number of benzene rings is 1.